The summed E-state index contributed by atoms with van der Waals surface area (Å²) in [5.74, 6) is 0.604. The Balaban J connectivity index is 1.76. The Kier molecular flexibility index (Phi) is 6.25. The quantitative estimate of drug-likeness (QED) is 0.539. The first-order chi connectivity index (χ1) is 13.3. The van der Waals surface area contributed by atoms with Crippen molar-refractivity contribution >= 4 is 21.4 Å². The molecule has 150 valence electrons. The minimum absolute atomic E-state index is 0.0928. The van der Waals surface area contributed by atoms with Gasteiger partial charge in [0, 0.05) is 31.0 Å². The molecule has 3 rings (SSSR count). The summed E-state index contributed by atoms with van der Waals surface area (Å²) in [7, 11) is -3.81. The first-order valence-corrected chi connectivity index (χ1v) is 10.8. The lowest BCUT2D eigenvalue weighted by atomic mass is 9.88. The van der Waals surface area contributed by atoms with Crippen LogP contribution in [0.2, 0.25) is 0 Å². The highest BCUT2D eigenvalue weighted by atomic mass is 32.2. The second kappa shape index (κ2) is 8.66. The summed E-state index contributed by atoms with van der Waals surface area (Å²) in [6, 6.07) is 7.44. The predicted molar refractivity (Wildman–Crippen MR) is 106 cm³/mol. The van der Waals surface area contributed by atoms with E-state index in [2.05, 4.69) is 21.9 Å². The number of hydrogen-bond acceptors (Lipinski definition) is 6. The largest absolute Gasteiger partial charge is 0.375 e. The zero-order valence-electron chi connectivity index (χ0n) is 15.7. The number of nitro groups is 1. The van der Waals surface area contributed by atoms with Crippen LogP contribution in [0.5, 0.6) is 0 Å². The molecule has 8 nitrogen and oxygen atoms in total. The van der Waals surface area contributed by atoms with Crippen molar-refractivity contribution in [2.45, 2.75) is 50.1 Å². The molecule has 0 aliphatic heterocycles. The number of hydrogen-bond donors (Lipinski definition) is 2. The van der Waals surface area contributed by atoms with E-state index in [9.17, 15) is 18.5 Å². The van der Waals surface area contributed by atoms with E-state index in [-0.39, 0.29) is 22.3 Å². The van der Waals surface area contributed by atoms with E-state index in [1.54, 1.807) is 18.5 Å². The van der Waals surface area contributed by atoms with Gasteiger partial charge in [0.2, 0.25) is 10.0 Å². The van der Waals surface area contributed by atoms with Crippen LogP contribution in [-0.4, -0.2) is 24.4 Å². The van der Waals surface area contributed by atoms with Crippen LogP contribution in [0.15, 0.2) is 47.6 Å². The van der Waals surface area contributed by atoms with Gasteiger partial charge in [0.15, 0.2) is 0 Å². The van der Waals surface area contributed by atoms with Crippen molar-refractivity contribution in [1.82, 2.24) is 9.71 Å². The second-order valence-corrected chi connectivity index (χ2v) is 8.94. The van der Waals surface area contributed by atoms with Crippen LogP contribution in [0, 0.1) is 16.0 Å². The van der Waals surface area contributed by atoms with Crippen molar-refractivity contribution in [1.29, 1.82) is 0 Å². The molecule has 1 fully saturated rings. The summed E-state index contributed by atoms with van der Waals surface area (Å²) in [6.45, 7) is 2.50. The molecule has 2 aromatic rings. The fourth-order valence-corrected chi connectivity index (χ4v) is 4.67. The van der Waals surface area contributed by atoms with Crippen LogP contribution in [0.1, 0.15) is 38.2 Å². The van der Waals surface area contributed by atoms with Gasteiger partial charge < -0.3 is 5.32 Å². The van der Waals surface area contributed by atoms with Crippen molar-refractivity contribution in [2.75, 3.05) is 5.32 Å². The van der Waals surface area contributed by atoms with E-state index in [4.69, 9.17) is 0 Å². The van der Waals surface area contributed by atoms with Crippen LogP contribution >= 0.6 is 0 Å². The number of benzene rings is 1. The third kappa shape index (κ3) is 5.05. The van der Waals surface area contributed by atoms with Gasteiger partial charge in [-0.15, -0.1) is 0 Å². The SMILES string of the molecule is CC1CCC(NS(=O)(=O)c2ccc(NCc3cccnc3)c([N+](=O)[O-])c2)CC1. The maximum atomic E-state index is 12.7. The minimum atomic E-state index is -3.81. The lowest BCUT2D eigenvalue weighted by Crippen LogP contribution is -2.37. The Bertz CT molecular complexity index is 926. The molecule has 1 aliphatic rings. The number of anilines is 1. The molecule has 0 radical (unpaired) electrons. The predicted octanol–water partition coefficient (Wildman–Crippen LogP) is 3.46. The van der Waals surface area contributed by atoms with E-state index in [1.165, 1.54) is 12.1 Å². The number of nitrogens with zero attached hydrogens (tertiary/aromatic N) is 2. The maximum Gasteiger partial charge on any atom is 0.293 e. The summed E-state index contributed by atoms with van der Waals surface area (Å²) >= 11 is 0. The fraction of sp³-hybridized carbons (Fsp3) is 0.421. The van der Waals surface area contributed by atoms with Crippen molar-refractivity contribution in [3.8, 4) is 0 Å². The molecule has 9 heteroatoms. The normalized spacial score (nSPS) is 19.9. The van der Waals surface area contributed by atoms with E-state index in [0.717, 1.165) is 37.3 Å². The molecule has 1 aromatic heterocycles. The van der Waals surface area contributed by atoms with E-state index >= 15 is 0 Å². The summed E-state index contributed by atoms with van der Waals surface area (Å²) in [5.41, 5.74) is 0.852. The Morgan fingerprint density at radius 1 is 1.21 bits per heavy atom. The third-order valence-electron chi connectivity index (χ3n) is 5.02. The van der Waals surface area contributed by atoms with Gasteiger partial charge in [0.1, 0.15) is 5.69 Å². The van der Waals surface area contributed by atoms with Crippen molar-refractivity contribution < 1.29 is 13.3 Å². The summed E-state index contributed by atoms with van der Waals surface area (Å²) in [4.78, 5) is 14.8. The first-order valence-electron chi connectivity index (χ1n) is 9.28. The molecule has 1 saturated carbocycles. The number of pyridine rings is 1. The highest BCUT2D eigenvalue weighted by molar-refractivity contribution is 7.89. The molecule has 0 spiro atoms. The molecule has 1 aliphatic carbocycles. The lowest BCUT2D eigenvalue weighted by Gasteiger charge is -2.26. The molecular formula is C19H24N4O4S. The smallest absolute Gasteiger partial charge is 0.293 e. The van der Waals surface area contributed by atoms with Gasteiger partial charge in [-0.2, -0.15) is 0 Å². The average molecular weight is 404 g/mol. The Labute approximate surface area is 164 Å². The van der Waals surface area contributed by atoms with Crippen LogP contribution in [-0.2, 0) is 16.6 Å². The zero-order chi connectivity index (χ0) is 20.1. The van der Waals surface area contributed by atoms with Gasteiger partial charge in [0.05, 0.1) is 9.82 Å². The van der Waals surface area contributed by atoms with Gasteiger partial charge in [-0.05, 0) is 55.4 Å². The third-order valence-corrected chi connectivity index (χ3v) is 6.54. The molecule has 0 amide bonds. The van der Waals surface area contributed by atoms with Gasteiger partial charge in [-0.3, -0.25) is 15.1 Å². The number of nitrogens with one attached hydrogen (secondary N) is 2. The van der Waals surface area contributed by atoms with Crippen molar-refractivity contribution in [3.05, 3.63) is 58.4 Å². The van der Waals surface area contributed by atoms with Crippen LogP contribution in [0.4, 0.5) is 11.4 Å². The number of aromatic nitrogens is 1. The van der Waals surface area contributed by atoms with Crippen LogP contribution in [0.25, 0.3) is 0 Å². The number of rotatable bonds is 7. The second-order valence-electron chi connectivity index (χ2n) is 7.23. The average Bonchev–Trinajstić information content (AvgIpc) is 2.68. The molecule has 0 bridgehead atoms. The van der Waals surface area contributed by atoms with E-state index in [1.807, 2.05) is 6.07 Å². The van der Waals surface area contributed by atoms with Crippen LogP contribution in [0.3, 0.4) is 0 Å². The summed E-state index contributed by atoms with van der Waals surface area (Å²) in [5, 5.41) is 14.5. The standard InChI is InChI=1S/C19H24N4O4S/c1-14-4-6-16(7-5-14)22-28(26,27)17-8-9-18(19(11-17)23(24)25)21-13-15-3-2-10-20-12-15/h2-3,8-12,14,16,21-22H,4-7,13H2,1H3. The van der Waals surface area contributed by atoms with E-state index < -0.39 is 14.9 Å². The Morgan fingerprint density at radius 3 is 2.61 bits per heavy atom. The minimum Gasteiger partial charge on any atom is -0.375 e. The maximum absolute atomic E-state index is 12.7. The monoisotopic (exact) mass is 404 g/mol. The highest BCUT2D eigenvalue weighted by Gasteiger charge is 2.26. The Morgan fingerprint density at radius 2 is 1.96 bits per heavy atom. The fourth-order valence-electron chi connectivity index (χ4n) is 3.34. The van der Waals surface area contributed by atoms with Gasteiger partial charge >= 0.3 is 0 Å². The molecule has 0 saturated heterocycles. The van der Waals surface area contributed by atoms with Crippen molar-refractivity contribution in [2.24, 2.45) is 5.92 Å². The van der Waals surface area contributed by atoms with Gasteiger partial charge in [-0.1, -0.05) is 13.0 Å². The molecule has 1 aromatic carbocycles. The van der Waals surface area contributed by atoms with Gasteiger partial charge in [0.25, 0.3) is 5.69 Å². The molecular weight excluding hydrogens is 380 g/mol. The van der Waals surface area contributed by atoms with Crippen LogP contribution < -0.4 is 10.0 Å². The first kappa shape index (κ1) is 20.2. The van der Waals surface area contributed by atoms with Crippen molar-refractivity contribution in [3.63, 3.8) is 0 Å². The summed E-state index contributed by atoms with van der Waals surface area (Å²) in [6.07, 6.45) is 6.83. The van der Waals surface area contributed by atoms with E-state index in [0.29, 0.717) is 12.5 Å². The zero-order valence-corrected chi connectivity index (χ0v) is 16.5. The number of sulfonamides is 1. The molecule has 0 atom stereocenters. The highest BCUT2D eigenvalue weighted by Crippen LogP contribution is 2.29. The Hall–Kier alpha value is -2.52. The summed E-state index contributed by atoms with van der Waals surface area (Å²) < 4.78 is 28.1. The topological polar surface area (TPSA) is 114 Å². The molecule has 28 heavy (non-hydrogen) atoms. The molecule has 0 unspecified atom stereocenters. The molecule has 2 N–H and O–H groups in total. The van der Waals surface area contributed by atoms with Gasteiger partial charge in [-0.25, -0.2) is 13.1 Å². The molecule has 1 heterocycles. The number of nitro benzene ring substituents is 1. The lowest BCUT2D eigenvalue weighted by molar-refractivity contribution is -0.384.